The van der Waals surface area contributed by atoms with Gasteiger partial charge in [-0.2, -0.15) is 0 Å². The van der Waals surface area contributed by atoms with Crippen molar-refractivity contribution in [2.45, 2.75) is 75.4 Å². The molecule has 1 aromatic rings. The highest BCUT2D eigenvalue weighted by Gasteiger charge is 2.33. The molecule has 0 saturated carbocycles. The van der Waals surface area contributed by atoms with Gasteiger partial charge in [-0.3, -0.25) is 48.5 Å². The third kappa shape index (κ3) is 17.7. The van der Waals surface area contributed by atoms with Crippen LogP contribution in [0.1, 0.15) is 37.1 Å². The number of fused-ring (bicyclic) bond motifs is 2. The van der Waals surface area contributed by atoms with Gasteiger partial charge in [-0.05, 0) is 25.0 Å². The van der Waals surface area contributed by atoms with Gasteiger partial charge in [-0.25, -0.2) is 0 Å². The van der Waals surface area contributed by atoms with E-state index in [1.807, 2.05) is 0 Å². The van der Waals surface area contributed by atoms with Crippen molar-refractivity contribution in [2.75, 3.05) is 78.7 Å². The lowest BCUT2D eigenvalue weighted by molar-refractivity contribution is -0.148. The topological polar surface area (TPSA) is 315 Å². The van der Waals surface area contributed by atoms with Crippen LogP contribution < -0.4 is 5.32 Å². The van der Waals surface area contributed by atoms with E-state index in [4.69, 9.17) is 14.8 Å². The fourth-order valence-electron chi connectivity index (χ4n) is 6.30. The SMILES string of the molecule is O=COC(CCN(C=O)C[C@@H](O)CO)N1CCN(C(CCN(C=O)C[C@@H](O)CO)C(=O)O)CCN(C(CCC(=O)NC[C@@H](O)CO)C(=O)O)Cc2cccc(n2)C1. The molecule has 9 N–H and O–H groups in total. The minimum absolute atomic E-state index is 0.00268. The molecule has 22 nitrogen and oxygen atoms in total. The molecule has 322 valence electrons. The Bertz CT molecular complexity index is 1400. The first-order valence-electron chi connectivity index (χ1n) is 18.5. The molecule has 1 aliphatic rings. The summed E-state index contributed by atoms with van der Waals surface area (Å²) in [5, 5.41) is 80.1. The minimum Gasteiger partial charge on any atom is -0.480 e. The van der Waals surface area contributed by atoms with Crippen molar-refractivity contribution < 1.29 is 74.4 Å². The zero-order valence-corrected chi connectivity index (χ0v) is 31.8. The summed E-state index contributed by atoms with van der Waals surface area (Å²) in [6.07, 6.45) is -4.30. The van der Waals surface area contributed by atoms with E-state index in [0.29, 0.717) is 24.2 Å². The number of carbonyl (C=O) groups excluding carboxylic acids is 4. The predicted octanol–water partition coefficient (Wildman–Crippen LogP) is -4.94. The summed E-state index contributed by atoms with van der Waals surface area (Å²) in [5.41, 5.74) is 0.896. The fourth-order valence-corrected chi connectivity index (χ4v) is 6.30. The van der Waals surface area contributed by atoms with E-state index in [9.17, 15) is 64.5 Å². The number of carboxylic acids is 2. The number of aromatic nitrogens is 1. The van der Waals surface area contributed by atoms with Gasteiger partial charge in [0.25, 0.3) is 6.47 Å². The predicted molar refractivity (Wildman–Crippen MR) is 196 cm³/mol. The number of hydrogen-bond acceptors (Lipinski definition) is 17. The normalized spacial score (nSPS) is 17.6. The molecule has 22 heteroatoms. The van der Waals surface area contributed by atoms with Crippen molar-refractivity contribution >= 4 is 37.1 Å². The van der Waals surface area contributed by atoms with Crippen LogP contribution in [0, 0.1) is 0 Å². The second kappa shape index (κ2) is 26.5. The summed E-state index contributed by atoms with van der Waals surface area (Å²) in [5.74, 6) is -3.10. The first-order valence-corrected chi connectivity index (χ1v) is 18.5. The van der Waals surface area contributed by atoms with Gasteiger partial charge in [0.05, 0.1) is 49.5 Å². The Hall–Kier alpha value is -4.39. The lowest BCUT2D eigenvalue weighted by Gasteiger charge is -2.37. The molecule has 3 amide bonds. The molecule has 0 saturated heterocycles. The molecule has 0 fully saturated rings. The summed E-state index contributed by atoms with van der Waals surface area (Å²) in [6, 6.07) is 2.52. The summed E-state index contributed by atoms with van der Waals surface area (Å²) >= 11 is 0. The summed E-state index contributed by atoms with van der Waals surface area (Å²) in [4.78, 5) is 85.2. The highest BCUT2D eigenvalue weighted by molar-refractivity contribution is 5.78. The largest absolute Gasteiger partial charge is 0.480 e. The van der Waals surface area contributed by atoms with Gasteiger partial charge in [0.15, 0.2) is 6.23 Å². The number of aliphatic carboxylic acids is 2. The van der Waals surface area contributed by atoms with Crippen LogP contribution >= 0.6 is 0 Å². The molecule has 1 aliphatic heterocycles. The van der Waals surface area contributed by atoms with Crippen molar-refractivity contribution in [2.24, 2.45) is 0 Å². The van der Waals surface area contributed by atoms with E-state index in [1.54, 1.807) is 32.9 Å². The second-order valence-corrected chi connectivity index (χ2v) is 13.6. The van der Waals surface area contributed by atoms with Crippen molar-refractivity contribution in [1.29, 1.82) is 0 Å². The second-order valence-electron chi connectivity index (χ2n) is 13.6. The maximum atomic E-state index is 12.9. The molecule has 3 unspecified atom stereocenters. The number of carboxylic acid groups (broad SMARTS) is 2. The van der Waals surface area contributed by atoms with Gasteiger partial charge in [0.2, 0.25) is 18.7 Å². The quantitative estimate of drug-likeness (QED) is 0.0376. The third-order valence-electron chi connectivity index (χ3n) is 9.37. The number of carbonyl (C=O) groups is 6. The highest BCUT2D eigenvalue weighted by Crippen LogP contribution is 2.19. The number of nitrogens with one attached hydrogen (secondary N) is 1. The Kier molecular flexibility index (Phi) is 22.7. The summed E-state index contributed by atoms with van der Waals surface area (Å²) < 4.78 is 5.45. The van der Waals surface area contributed by atoms with E-state index >= 15 is 0 Å². The van der Waals surface area contributed by atoms with E-state index in [2.05, 4.69) is 5.32 Å². The number of aliphatic hydroxyl groups is 6. The van der Waals surface area contributed by atoms with Gasteiger partial charge in [0.1, 0.15) is 12.1 Å². The average molecular weight is 816 g/mol. The van der Waals surface area contributed by atoms with Gasteiger partial charge >= 0.3 is 11.9 Å². The molecule has 0 aromatic carbocycles. The lowest BCUT2D eigenvalue weighted by atomic mass is 10.1. The van der Waals surface area contributed by atoms with E-state index in [-0.39, 0.29) is 104 Å². The van der Waals surface area contributed by atoms with Crippen molar-refractivity contribution in [3.05, 3.63) is 29.6 Å². The molecule has 2 bridgehead atoms. The number of pyridine rings is 1. The molecule has 0 aliphatic carbocycles. The monoisotopic (exact) mass is 815 g/mol. The van der Waals surface area contributed by atoms with Crippen LogP contribution in [-0.4, -0.2) is 223 Å². The van der Waals surface area contributed by atoms with E-state index < -0.39 is 74.3 Å². The Labute approximate surface area is 329 Å². The van der Waals surface area contributed by atoms with Crippen LogP contribution in [0.4, 0.5) is 0 Å². The van der Waals surface area contributed by atoms with Gasteiger partial charge in [-0.1, -0.05) is 6.07 Å². The first kappa shape index (κ1) is 48.8. The maximum absolute atomic E-state index is 12.9. The molecule has 2 rings (SSSR count). The number of amides is 3. The van der Waals surface area contributed by atoms with Crippen LogP contribution in [0.5, 0.6) is 0 Å². The number of rotatable bonds is 27. The van der Waals surface area contributed by atoms with Crippen molar-refractivity contribution in [1.82, 2.24) is 34.8 Å². The Morgan fingerprint density at radius 3 is 1.74 bits per heavy atom. The van der Waals surface area contributed by atoms with Crippen molar-refractivity contribution in [3.8, 4) is 0 Å². The Morgan fingerprint density at radius 1 is 0.737 bits per heavy atom. The Morgan fingerprint density at radius 2 is 1.23 bits per heavy atom. The summed E-state index contributed by atoms with van der Waals surface area (Å²) in [6.45, 7) is -2.48. The van der Waals surface area contributed by atoms with Crippen LogP contribution in [0.25, 0.3) is 0 Å². The van der Waals surface area contributed by atoms with Gasteiger partial charge in [-0.15, -0.1) is 0 Å². The fraction of sp³-hybridized carbons (Fsp3) is 0.686. The van der Waals surface area contributed by atoms with Crippen LogP contribution in [0.2, 0.25) is 0 Å². The Balaban J connectivity index is 2.54. The highest BCUT2D eigenvalue weighted by atomic mass is 16.5. The molecular weight excluding hydrogens is 758 g/mol. The molecule has 57 heavy (non-hydrogen) atoms. The summed E-state index contributed by atoms with van der Waals surface area (Å²) in [7, 11) is 0. The van der Waals surface area contributed by atoms with E-state index in [0.717, 1.165) is 4.90 Å². The molecular formula is C35H57N7O15. The average Bonchev–Trinajstić information content (AvgIpc) is 3.19. The van der Waals surface area contributed by atoms with E-state index in [1.165, 1.54) is 4.90 Å². The number of nitrogens with zero attached hydrogens (tertiary/aromatic N) is 6. The lowest BCUT2D eigenvalue weighted by Crippen LogP contribution is -2.52. The smallest absolute Gasteiger partial charge is 0.320 e. The first-order chi connectivity index (χ1) is 27.3. The van der Waals surface area contributed by atoms with Crippen LogP contribution in [0.3, 0.4) is 0 Å². The zero-order valence-electron chi connectivity index (χ0n) is 31.8. The maximum Gasteiger partial charge on any atom is 0.320 e. The number of ether oxygens (including phenoxy) is 1. The number of hydrogen-bond donors (Lipinski definition) is 9. The molecule has 0 radical (unpaired) electrons. The van der Waals surface area contributed by atoms with Gasteiger partial charge < -0.3 is 60.7 Å². The molecule has 0 spiro atoms. The molecule has 1 aromatic heterocycles. The third-order valence-corrected chi connectivity index (χ3v) is 9.37. The molecule has 6 atom stereocenters. The standard InChI is InChI=1S/C35H57N7O15/c43-19-27(49)14-36-32(52)5-4-30(34(53)54)41-12-10-40(31(35(55)56)6-8-38(22-46)17-28(50)20-44)11-13-42(16-26-3-1-2-25(15-41)37-26)33(57-24-48)7-9-39(23-47)18-29(51)21-45/h1-3,22-24,27-31,33,43-45,49-51H,4-21H2,(H,36,52)(H,53,54)(H,55,56)/t27-,28-,29-,30?,31?,33?/m1/s1. The van der Waals surface area contributed by atoms with Crippen LogP contribution in [-0.2, 0) is 46.6 Å². The zero-order chi connectivity index (χ0) is 42.3. The molecule has 2 heterocycles. The number of aliphatic hydroxyl groups excluding tert-OH is 6. The van der Waals surface area contributed by atoms with Gasteiger partial charge in [0, 0.05) is 84.8 Å². The van der Waals surface area contributed by atoms with Crippen LogP contribution in [0.15, 0.2) is 18.2 Å². The van der Waals surface area contributed by atoms with Crippen molar-refractivity contribution in [3.63, 3.8) is 0 Å². The minimum atomic E-state index is -1.28.